The zero-order chi connectivity index (χ0) is 22.5. The van der Waals surface area contributed by atoms with Gasteiger partial charge in [0.2, 0.25) is 0 Å². The van der Waals surface area contributed by atoms with Crippen LogP contribution < -0.4 is 0 Å². The molecule has 0 aliphatic carbocycles. The second-order valence-corrected chi connectivity index (χ2v) is 8.92. The molecule has 0 aliphatic rings. The van der Waals surface area contributed by atoms with Crippen molar-refractivity contribution in [2.24, 2.45) is 5.92 Å². The van der Waals surface area contributed by atoms with Gasteiger partial charge in [-0.3, -0.25) is 9.59 Å². The first kappa shape index (κ1) is 28.9. The minimum atomic E-state index is -0.692. The molecule has 0 fully saturated rings. The van der Waals surface area contributed by atoms with Crippen LogP contribution in [0.2, 0.25) is 0 Å². The fourth-order valence-electron chi connectivity index (χ4n) is 3.98. The van der Waals surface area contributed by atoms with Crippen molar-refractivity contribution in [3.05, 3.63) is 0 Å². The SMILES string of the molecule is CCCCCCC(CCCCCCCCCC(=O)O)C(=O)OC(CC)CCCCC. The summed E-state index contributed by atoms with van der Waals surface area (Å²) in [7, 11) is 0. The van der Waals surface area contributed by atoms with Crippen LogP contribution >= 0.6 is 0 Å². The fourth-order valence-corrected chi connectivity index (χ4v) is 3.98. The molecule has 0 bridgehead atoms. The number of ether oxygens (including phenoxy) is 1. The average Bonchev–Trinajstić information content (AvgIpc) is 2.72. The lowest BCUT2D eigenvalue weighted by Gasteiger charge is -2.21. The molecular weight excluding hydrogens is 376 g/mol. The summed E-state index contributed by atoms with van der Waals surface area (Å²) in [6.45, 7) is 6.54. The molecular formula is C26H50O4. The summed E-state index contributed by atoms with van der Waals surface area (Å²) in [5.74, 6) is -0.580. The molecule has 30 heavy (non-hydrogen) atoms. The molecule has 2 unspecified atom stereocenters. The highest BCUT2D eigenvalue weighted by atomic mass is 16.5. The van der Waals surface area contributed by atoms with E-state index in [0.717, 1.165) is 70.6 Å². The van der Waals surface area contributed by atoms with E-state index in [1.54, 1.807) is 0 Å². The minimum absolute atomic E-state index is 0.0449. The second-order valence-electron chi connectivity index (χ2n) is 8.92. The molecule has 1 N–H and O–H groups in total. The summed E-state index contributed by atoms with van der Waals surface area (Å²) in [5, 5.41) is 8.66. The Hall–Kier alpha value is -1.06. The van der Waals surface area contributed by atoms with Crippen LogP contribution in [-0.4, -0.2) is 23.1 Å². The number of aliphatic carboxylic acids is 1. The van der Waals surface area contributed by atoms with Gasteiger partial charge in [0, 0.05) is 6.42 Å². The van der Waals surface area contributed by atoms with Crippen LogP contribution in [0.3, 0.4) is 0 Å². The Morgan fingerprint density at radius 1 is 0.667 bits per heavy atom. The maximum Gasteiger partial charge on any atom is 0.309 e. The zero-order valence-corrected chi connectivity index (χ0v) is 20.3. The van der Waals surface area contributed by atoms with E-state index in [9.17, 15) is 9.59 Å². The van der Waals surface area contributed by atoms with Crippen LogP contribution in [0.5, 0.6) is 0 Å². The lowest BCUT2D eigenvalue weighted by atomic mass is 9.94. The largest absolute Gasteiger partial charge is 0.481 e. The van der Waals surface area contributed by atoms with Gasteiger partial charge in [0.05, 0.1) is 5.92 Å². The zero-order valence-electron chi connectivity index (χ0n) is 20.3. The van der Waals surface area contributed by atoms with Crippen molar-refractivity contribution < 1.29 is 19.4 Å². The molecule has 0 amide bonds. The first-order valence-corrected chi connectivity index (χ1v) is 13.0. The predicted octanol–water partition coefficient (Wildman–Crippen LogP) is 8.07. The summed E-state index contributed by atoms with van der Waals surface area (Å²) in [4.78, 5) is 23.3. The van der Waals surface area contributed by atoms with Crippen molar-refractivity contribution in [3.8, 4) is 0 Å². The van der Waals surface area contributed by atoms with Gasteiger partial charge in [-0.25, -0.2) is 0 Å². The van der Waals surface area contributed by atoms with Gasteiger partial charge in [0.25, 0.3) is 0 Å². The average molecular weight is 427 g/mol. The molecule has 0 rings (SSSR count). The molecule has 0 aromatic carbocycles. The van der Waals surface area contributed by atoms with Gasteiger partial charge >= 0.3 is 11.9 Å². The first-order chi connectivity index (χ1) is 14.5. The Morgan fingerprint density at radius 3 is 1.67 bits per heavy atom. The van der Waals surface area contributed by atoms with Gasteiger partial charge in [0.1, 0.15) is 6.10 Å². The van der Waals surface area contributed by atoms with Crippen molar-refractivity contribution in [1.82, 2.24) is 0 Å². The standard InChI is InChI=1S/C26H50O4/c1-4-7-9-16-19-23(26(29)30-24(6-3)21-15-8-5-2)20-17-13-11-10-12-14-18-22-25(27)28/h23-24H,4-22H2,1-3H3,(H,27,28). The Labute approximate surface area is 186 Å². The van der Waals surface area contributed by atoms with Crippen molar-refractivity contribution in [1.29, 1.82) is 0 Å². The number of hydrogen-bond donors (Lipinski definition) is 1. The summed E-state index contributed by atoms with van der Waals surface area (Å²) in [6.07, 6.45) is 20.1. The molecule has 0 heterocycles. The third-order valence-corrected chi connectivity index (χ3v) is 6.05. The molecule has 4 heteroatoms. The molecule has 0 saturated carbocycles. The van der Waals surface area contributed by atoms with E-state index in [0.29, 0.717) is 6.42 Å². The van der Waals surface area contributed by atoms with Gasteiger partial charge in [-0.1, -0.05) is 97.8 Å². The summed E-state index contributed by atoms with van der Waals surface area (Å²) in [6, 6.07) is 0. The van der Waals surface area contributed by atoms with Crippen LogP contribution in [0.1, 0.15) is 143 Å². The third kappa shape index (κ3) is 17.8. The number of rotatable bonds is 22. The molecule has 0 spiro atoms. The smallest absolute Gasteiger partial charge is 0.309 e. The van der Waals surface area contributed by atoms with Gasteiger partial charge in [0.15, 0.2) is 0 Å². The van der Waals surface area contributed by atoms with Crippen LogP contribution in [0, 0.1) is 5.92 Å². The van der Waals surface area contributed by atoms with E-state index >= 15 is 0 Å². The van der Waals surface area contributed by atoms with Crippen LogP contribution in [-0.2, 0) is 14.3 Å². The van der Waals surface area contributed by atoms with Crippen molar-refractivity contribution in [2.45, 2.75) is 149 Å². The van der Waals surface area contributed by atoms with Crippen molar-refractivity contribution in [2.75, 3.05) is 0 Å². The number of carboxylic acids is 1. The van der Waals surface area contributed by atoms with Crippen LogP contribution in [0.25, 0.3) is 0 Å². The van der Waals surface area contributed by atoms with Gasteiger partial charge in [-0.15, -0.1) is 0 Å². The number of esters is 1. The van der Waals surface area contributed by atoms with Crippen molar-refractivity contribution in [3.63, 3.8) is 0 Å². The molecule has 178 valence electrons. The van der Waals surface area contributed by atoms with E-state index < -0.39 is 5.97 Å². The second kappa shape index (κ2) is 21.2. The Bertz CT molecular complexity index is 408. The molecule has 0 saturated heterocycles. The van der Waals surface area contributed by atoms with E-state index in [1.165, 1.54) is 44.9 Å². The summed E-state index contributed by atoms with van der Waals surface area (Å²) in [5.41, 5.74) is 0. The highest BCUT2D eigenvalue weighted by molar-refractivity contribution is 5.72. The number of hydrogen-bond acceptors (Lipinski definition) is 3. The van der Waals surface area contributed by atoms with E-state index in [4.69, 9.17) is 9.84 Å². The molecule has 0 aliphatic heterocycles. The molecule has 0 radical (unpaired) electrons. The Balaban J connectivity index is 4.21. The lowest BCUT2D eigenvalue weighted by Crippen LogP contribution is -2.24. The van der Waals surface area contributed by atoms with E-state index in [1.807, 2.05) is 0 Å². The maximum atomic E-state index is 12.8. The highest BCUT2D eigenvalue weighted by Crippen LogP contribution is 2.22. The summed E-state index contributed by atoms with van der Waals surface area (Å²) >= 11 is 0. The number of unbranched alkanes of at least 4 members (excludes halogenated alkanes) is 11. The normalized spacial score (nSPS) is 13.2. The van der Waals surface area contributed by atoms with E-state index in [2.05, 4.69) is 20.8 Å². The van der Waals surface area contributed by atoms with Crippen molar-refractivity contribution >= 4 is 11.9 Å². The molecule has 0 aromatic rings. The van der Waals surface area contributed by atoms with Gasteiger partial charge in [-0.2, -0.15) is 0 Å². The van der Waals surface area contributed by atoms with E-state index in [-0.39, 0.29) is 18.0 Å². The van der Waals surface area contributed by atoms with Crippen LogP contribution in [0.15, 0.2) is 0 Å². The quantitative estimate of drug-likeness (QED) is 0.140. The number of carbonyl (C=O) groups excluding carboxylic acids is 1. The summed E-state index contributed by atoms with van der Waals surface area (Å²) < 4.78 is 5.92. The topological polar surface area (TPSA) is 63.6 Å². The monoisotopic (exact) mass is 426 g/mol. The Kier molecular flexibility index (Phi) is 20.4. The Morgan fingerprint density at radius 2 is 1.13 bits per heavy atom. The molecule has 2 atom stereocenters. The number of carbonyl (C=O) groups is 2. The van der Waals surface area contributed by atoms with Crippen LogP contribution in [0.4, 0.5) is 0 Å². The molecule has 4 nitrogen and oxygen atoms in total. The first-order valence-electron chi connectivity index (χ1n) is 13.0. The highest BCUT2D eigenvalue weighted by Gasteiger charge is 2.22. The fraction of sp³-hybridized carbons (Fsp3) is 0.923. The third-order valence-electron chi connectivity index (χ3n) is 6.05. The predicted molar refractivity (Wildman–Crippen MR) is 126 cm³/mol. The lowest BCUT2D eigenvalue weighted by molar-refractivity contribution is -0.155. The van der Waals surface area contributed by atoms with Gasteiger partial charge < -0.3 is 9.84 Å². The number of carboxylic acid groups (broad SMARTS) is 1. The molecule has 0 aromatic heterocycles. The van der Waals surface area contributed by atoms with Gasteiger partial charge in [-0.05, 0) is 38.5 Å². The maximum absolute atomic E-state index is 12.8. The minimum Gasteiger partial charge on any atom is -0.481 e.